The molecule has 12 heteroatoms. The Morgan fingerprint density at radius 2 is 1.32 bits per heavy atom. The average Bonchev–Trinajstić information content (AvgIpc) is 2.57. The Bertz CT molecular complexity index is 566. The summed E-state index contributed by atoms with van der Waals surface area (Å²) in [7, 11) is 0. The number of nitrogens with two attached hydrogens (primary N) is 1. The zero-order valence-corrected chi connectivity index (χ0v) is 18.6. The van der Waals surface area contributed by atoms with Gasteiger partial charge in [-0.25, -0.2) is 0 Å². The molecule has 0 aromatic rings. The largest absolute Gasteiger partial charge is 0.480 e. The van der Waals surface area contributed by atoms with Crippen LogP contribution in [-0.4, -0.2) is 111 Å². The minimum absolute atomic E-state index is 0.186. The Labute approximate surface area is 182 Å². The van der Waals surface area contributed by atoms with Gasteiger partial charge < -0.3 is 41.3 Å². The predicted octanol–water partition coefficient (Wildman–Crippen LogP) is -2.03. The second-order valence-corrected chi connectivity index (χ2v) is 9.18. The first-order valence-electron chi connectivity index (χ1n) is 9.83. The SMILES string of the molecule is CC1(C)CC(OC(=O)CN(CC(=O)O)CC(=O)O)CC(C)(C)N1.NC(CO)(CO)CO. The molecule has 0 aromatic heterocycles. The van der Waals surface area contributed by atoms with Crippen LogP contribution in [0.5, 0.6) is 0 Å². The van der Waals surface area contributed by atoms with Gasteiger partial charge in [0.25, 0.3) is 0 Å². The normalized spacial score (nSPS) is 18.1. The molecule has 0 atom stereocenters. The van der Waals surface area contributed by atoms with E-state index < -0.39 is 56.4 Å². The summed E-state index contributed by atoms with van der Waals surface area (Å²) in [6.45, 7) is 5.48. The summed E-state index contributed by atoms with van der Waals surface area (Å²) in [5.74, 6) is -2.99. The number of carboxylic acid groups (broad SMARTS) is 2. The topological polar surface area (TPSA) is 203 Å². The zero-order valence-electron chi connectivity index (χ0n) is 18.6. The Morgan fingerprint density at radius 1 is 0.935 bits per heavy atom. The van der Waals surface area contributed by atoms with Gasteiger partial charge in [-0.2, -0.15) is 0 Å². The predicted molar refractivity (Wildman–Crippen MR) is 110 cm³/mol. The van der Waals surface area contributed by atoms with Crippen molar-refractivity contribution in [3.63, 3.8) is 0 Å². The van der Waals surface area contributed by atoms with Gasteiger partial charge in [0.1, 0.15) is 6.10 Å². The molecule has 0 bridgehead atoms. The quantitative estimate of drug-likeness (QED) is 0.180. The molecule has 182 valence electrons. The van der Waals surface area contributed by atoms with Gasteiger partial charge in [-0.1, -0.05) is 0 Å². The molecule has 0 aliphatic carbocycles. The fraction of sp³-hybridized carbons (Fsp3) is 0.842. The molecule has 0 saturated carbocycles. The molecule has 1 fully saturated rings. The summed E-state index contributed by atoms with van der Waals surface area (Å²) in [6, 6.07) is 0. The lowest BCUT2D eigenvalue weighted by Gasteiger charge is -2.46. The van der Waals surface area contributed by atoms with Crippen LogP contribution < -0.4 is 11.1 Å². The van der Waals surface area contributed by atoms with E-state index in [1.54, 1.807) is 0 Å². The Hall–Kier alpha value is -1.83. The summed E-state index contributed by atoms with van der Waals surface area (Å²) in [5, 5.41) is 46.0. The van der Waals surface area contributed by atoms with E-state index in [-0.39, 0.29) is 23.7 Å². The highest BCUT2D eigenvalue weighted by atomic mass is 16.5. The molecule has 1 rings (SSSR count). The fourth-order valence-electron chi connectivity index (χ4n) is 3.42. The standard InChI is InChI=1S/C15H26N2O6.C4H11NO3/c1-14(2)5-10(6-15(3,4)16-14)23-13(22)9-17(7-11(18)19)8-12(20)21;5-4(1-6,2-7)3-8/h10,16H,5-9H2,1-4H3,(H,18,19)(H,20,21);6-8H,1-3,5H2. The van der Waals surface area contributed by atoms with E-state index in [0.29, 0.717) is 12.8 Å². The number of aliphatic hydroxyl groups is 3. The van der Waals surface area contributed by atoms with Gasteiger partial charge in [0.15, 0.2) is 0 Å². The number of aliphatic hydroxyl groups excluding tert-OH is 3. The zero-order chi connectivity index (χ0) is 24.5. The van der Waals surface area contributed by atoms with Crippen molar-refractivity contribution in [1.82, 2.24) is 10.2 Å². The Balaban J connectivity index is 0.000000954. The highest BCUT2D eigenvalue weighted by Gasteiger charge is 2.39. The van der Waals surface area contributed by atoms with E-state index in [4.69, 9.17) is 36.0 Å². The maximum Gasteiger partial charge on any atom is 0.320 e. The van der Waals surface area contributed by atoms with Crippen molar-refractivity contribution in [1.29, 1.82) is 0 Å². The van der Waals surface area contributed by atoms with E-state index >= 15 is 0 Å². The number of aliphatic carboxylic acids is 2. The number of piperidine rings is 1. The lowest BCUT2D eigenvalue weighted by atomic mass is 9.81. The maximum atomic E-state index is 12.0. The van der Waals surface area contributed by atoms with Crippen molar-refractivity contribution < 1.29 is 44.7 Å². The highest BCUT2D eigenvalue weighted by Crippen LogP contribution is 2.30. The van der Waals surface area contributed by atoms with Crippen LogP contribution in [0, 0.1) is 0 Å². The summed E-state index contributed by atoms with van der Waals surface area (Å²) in [6.07, 6.45) is 0.991. The van der Waals surface area contributed by atoms with Crippen molar-refractivity contribution in [3.05, 3.63) is 0 Å². The minimum Gasteiger partial charge on any atom is -0.480 e. The molecule has 8 N–H and O–H groups in total. The number of nitrogens with zero attached hydrogens (tertiary/aromatic N) is 1. The fourth-order valence-corrected chi connectivity index (χ4v) is 3.42. The van der Waals surface area contributed by atoms with E-state index in [0.717, 1.165) is 4.90 Å². The average molecular weight is 452 g/mol. The van der Waals surface area contributed by atoms with Gasteiger partial charge in [-0.05, 0) is 27.7 Å². The molecule has 31 heavy (non-hydrogen) atoms. The van der Waals surface area contributed by atoms with Gasteiger partial charge in [-0.3, -0.25) is 19.3 Å². The van der Waals surface area contributed by atoms with Crippen LogP contribution in [0.2, 0.25) is 0 Å². The van der Waals surface area contributed by atoms with Crippen LogP contribution in [-0.2, 0) is 19.1 Å². The maximum absolute atomic E-state index is 12.0. The van der Waals surface area contributed by atoms with Crippen LogP contribution in [0.15, 0.2) is 0 Å². The highest BCUT2D eigenvalue weighted by molar-refractivity contribution is 5.76. The molecule has 0 unspecified atom stereocenters. The summed E-state index contributed by atoms with van der Waals surface area (Å²) in [5.41, 5.74) is 3.57. The number of rotatable bonds is 10. The molecule has 1 aliphatic rings. The van der Waals surface area contributed by atoms with Crippen molar-refractivity contribution >= 4 is 17.9 Å². The number of carbonyl (C=O) groups excluding carboxylic acids is 1. The summed E-state index contributed by atoms with van der Waals surface area (Å²) >= 11 is 0. The third-order valence-electron chi connectivity index (χ3n) is 4.47. The third kappa shape index (κ3) is 12.6. The molecule has 12 nitrogen and oxygen atoms in total. The van der Waals surface area contributed by atoms with Crippen molar-refractivity contribution in [3.8, 4) is 0 Å². The van der Waals surface area contributed by atoms with Gasteiger partial charge >= 0.3 is 17.9 Å². The molecule has 0 amide bonds. The minimum atomic E-state index is -1.21. The molecular formula is C19H37N3O9. The third-order valence-corrected chi connectivity index (χ3v) is 4.47. The Kier molecular flexibility index (Phi) is 11.5. The van der Waals surface area contributed by atoms with Crippen LogP contribution in [0.3, 0.4) is 0 Å². The summed E-state index contributed by atoms with van der Waals surface area (Å²) in [4.78, 5) is 34.5. The van der Waals surface area contributed by atoms with Crippen LogP contribution >= 0.6 is 0 Å². The number of hydrogen-bond acceptors (Lipinski definition) is 10. The first-order chi connectivity index (χ1) is 14.1. The van der Waals surface area contributed by atoms with Crippen molar-refractivity contribution in [2.45, 2.75) is 63.3 Å². The van der Waals surface area contributed by atoms with Crippen molar-refractivity contribution in [2.24, 2.45) is 5.73 Å². The second kappa shape index (κ2) is 12.3. The monoisotopic (exact) mass is 451 g/mol. The Morgan fingerprint density at radius 3 is 1.61 bits per heavy atom. The number of nitrogens with one attached hydrogen (secondary N) is 1. The van der Waals surface area contributed by atoms with Gasteiger partial charge in [-0.15, -0.1) is 0 Å². The first-order valence-corrected chi connectivity index (χ1v) is 9.83. The van der Waals surface area contributed by atoms with E-state index in [9.17, 15) is 14.4 Å². The molecular weight excluding hydrogens is 414 g/mol. The van der Waals surface area contributed by atoms with Crippen molar-refractivity contribution in [2.75, 3.05) is 39.5 Å². The van der Waals surface area contributed by atoms with Crippen LogP contribution in [0.1, 0.15) is 40.5 Å². The number of carbonyl (C=O) groups is 3. The molecule has 0 radical (unpaired) electrons. The second-order valence-electron chi connectivity index (χ2n) is 9.18. The van der Waals surface area contributed by atoms with E-state index in [2.05, 4.69) is 5.32 Å². The van der Waals surface area contributed by atoms with E-state index in [1.807, 2.05) is 27.7 Å². The van der Waals surface area contributed by atoms with Gasteiger partial charge in [0.05, 0.1) is 45.0 Å². The molecule has 0 aromatic carbocycles. The summed E-state index contributed by atoms with van der Waals surface area (Å²) < 4.78 is 5.45. The lowest BCUT2D eigenvalue weighted by molar-refractivity contribution is -0.155. The van der Waals surface area contributed by atoms with Gasteiger partial charge in [0.2, 0.25) is 0 Å². The smallest absolute Gasteiger partial charge is 0.320 e. The number of carboxylic acids is 2. The molecule has 1 aliphatic heterocycles. The molecule has 1 heterocycles. The number of esters is 1. The number of hydrogen-bond donors (Lipinski definition) is 7. The van der Waals surface area contributed by atoms with Crippen LogP contribution in [0.4, 0.5) is 0 Å². The number of ether oxygens (including phenoxy) is 1. The first kappa shape index (κ1) is 29.2. The molecule has 1 saturated heterocycles. The van der Waals surface area contributed by atoms with Crippen LogP contribution in [0.25, 0.3) is 0 Å². The molecule has 0 spiro atoms. The lowest BCUT2D eigenvalue weighted by Crippen LogP contribution is -2.60. The van der Waals surface area contributed by atoms with E-state index in [1.165, 1.54) is 0 Å². The van der Waals surface area contributed by atoms with Gasteiger partial charge in [0, 0.05) is 23.9 Å².